The molecule has 118 valence electrons. The topological polar surface area (TPSA) is 58.2 Å². The maximum atomic E-state index is 12.5. The van der Waals surface area contributed by atoms with Crippen molar-refractivity contribution in [1.29, 1.82) is 0 Å². The Hall–Kier alpha value is -1.62. The Morgan fingerprint density at radius 2 is 2.32 bits per heavy atom. The van der Waals surface area contributed by atoms with Crippen LogP contribution in [0.15, 0.2) is 18.3 Å². The molecule has 1 saturated heterocycles. The van der Waals surface area contributed by atoms with Crippen LogP contribution in [0, 0.1) is 5.92 Å². The van der Waals surface area contributed by atoms with E-state index in [2.05, 4.69) is 22.3 Å². The van der Waals surface area contributed by atoms with Gasteiger partial charge in [0, 0.05) is 19.5 Å². The minimum Gasteiger partial charge on any atom is -0.368 e. The fourth-order valence-electron chi connectivity index (χ4n) is 4.05. The molecule has 1 fully saturated rings. The number of amides is 1. The number of rotatable bonds is 2. The standard InChI is InChI=1S/C17H23N3O2/c21-15(11-13-3-1-2-4-13)20-8-6-17(7-9-20)16-14(5-10-22-17)12-18-19-16/h1,3,12-13H,2,4-11H2,(H,18,19). The van der Waals surface area contributed by atoms with Crippen molar-refractivity contribution in [2.24, 2.45) is 5.92 Å². The average molecular weight is 301 g/mol. The molecule has 2 aliphatic heterocycles. The first-order valence-electron chi connectivity index (χ1n) is 8.38. The number of carbonyl (C=O) groups is 1. The lowest BCUT2D eigenvalue weighted by Gasteiger charge is -2.43. The molecule has 0 saturated carbocycles. The highest BCUT2D eigenvalue weighted by Crippen LogP contribution is 2.40. The number of ether oxygens (including phenoxy) is 1. The Balaban J connectivity index is 1.41. The third-order valence-electron chi connectivity index (χ3n) is 5.40. The highest BCUT2D eigenvalue weighted by atomic mass is 16.5. The molecule has 1 amide bonds. The Morgan fingerprint density at radius 3 is 3.09 bits per heavy atom. The summed E-state index contributed by atoms with van der Waals surface area (Å²) in [5.41, 5.74) is 2.18. The van der Waals surface area contributed by atoms with E-state index in [9.17, 15) is 4.79 Å². The zero-order valence-corrected chi connectivity index (χ0v) is 12.9. The van der Waals surface area contributed by atoms with Gasteiger partial charge in [-0.25, -0.2) is 0 Å². The lowest BCUT2D eigenvalue weighted by molar-refractivity contribution is -0.141. The molecular formula is C17H23N3O2. The van der Waals surface area contributed by atoms with E-state index in [1.165, 1.54) is 5.56 Å². The van der Waals surface area contributed by atoms with Crippen LogP contribution in [0.5, 0.6) is 0 Å². The summed E-state index contributed by atoms with van der Waals surface area (Å²) in [5.74, 6) is 0.751. The number of fused-ring (bicyclic) bond motifs is 2. The van der Waals surface area contributed by atoms with Gasteiger partial charge in [0.1, 0.15) is 5.60 Å². The van der Waals surface area contributed by atoms with Crippen LogP contribution in [0.2, 0.25) is 0 Å². The van der Waals surface area contributed by atoms with Gasteiger partial charge in [0.15, 0.2) is 0 Å². The minimum atomic E-state index is -0.242. The van der Waals surface area contributed by atoms with E-state index in [4.69, 9.17) is 4.74 Å². The van der Waals surface area contributed by atoms with Gasteiger partial charge in [0.2, 0.25) is 5.91 Å². The summed E-state index contributed by atoms with van der Waals surface area (Å²) >= 11 is 0. The second-order valence-corrected chi connectivity index (χ2v) is 6.71. The van der Waals surface area contributed by atoms with Gasteiger partial charge < -0.3 is 9.64 Å². The summed E-state index contributed by atoms with van der Waals surface area (Å²) in [7, 11) is 0. The molecule has 0 radical (unpaired) electrons. The number of aromatic amines is 1. The second kappa shape index (κ2) is 5.54. The lowest BCUT2D eigenvalue weighted by atomic mass is 9.83. The number of aromatic nitrogens is 2. The van der Waals surface area contributed by atoms with E-state index in [0.717, 1.165) is 57.5 Å². The normalized spacial score (nSPS) is 26.4. The number of nitrogens with one attached hydrogen (secondary N) is 1. The maximum Gasteiger partial charge on any atom is 0.223 e. The third-order valence-corrected chi connectivity index (χ3v) is 5.40. The predicted molar refractivity (Wildman–Crippen MR) is 82.2 cm³/mol. The number of H-pyrrole nitrogens is 1. The second-order valence-electron chi connectivity index (χ2n) is 6.71. The van der Waals surface area contributed by atoms with Crippen LogP contribution in [0.4, 0.5) is 0 Å². The summed E-state index contributed by atoms with van der Waals surface area (Å²) in [6.07, 6.45) is 11.9. The van der Waals surface area contributed by atoms with Crippen LogP contribution < -0.4 is 0 Å². The van der Waals surface area contributed by atoms with Crippen molar-refractivity contribution in [3.05, 3.63) is 29.6 Å². The van der Waals surface area contributed by atoms with Crippen molar-refractivity contribution in [2.75, 3.05) is 19.7 Å². The fourth-order valence-corrected chi connectivity index (χ4v) is 4.05. The number of piperidine rings is 1. The van der Waals surface area contributed by atoms with Gasteiger partial charge in [-0.2, -0.15) is 5.10 Å². The first-order valence-corrected chi connectivity index (χ1v) is 8.38. The summed E-state index contributed by atoms with van der Waals surface area (Å²) in [6.45, 7) is 2.33. The summed E-state index contributed by atoms with van der Waals surface area (Å²) in [6, 6.07) is 0. The molecule has 3 heterocycles. The molecule has 3 aliphatic rings. The minimum absolute atomic E-state index is 0.242. The highest BCUT2D eigenvalue weighted by Gasteiger charge is 2.43. The summed E-state index contributed by atoms with van der Waals surface area (Å²) in [5, 5.41) is 7.32. The van der Waals surface area contributed by atoms with Crippen LogP contribution in [0.1, 0.15) is 43.4 Å². The van der Waals surface area contributed by atoms with Crippen LogP contribution >= 0.6 is 0 Å². The Bertz CT molecular complexity index is 584. The van der Waals surface area contributed by atoms with E-state index in [-0.39, 0.29) is 5.60 Å². The molecule has 5 nitrogen and oxygen atoms in total. The van der Waals surface area contributed by atoms with Crippen LogP contribution in [-0.4, -0.2) is 40.7 Å². The molecule has 0 aromatic carbocycles. The number of nitrogens with zero attached hydrogens (tertiary/aromatic N) is 2. The van der Waals surface area contributed by atoms with Crippen molar-refractivity contribution in [3.8, 4) is 0 Å². The quantitative estimate of drug-likeness (QED) is 0.852. The number of likely N-dealkylation sites (tertiary alicyclic amines) is 1. The van der Waals surface area contributed by atoms with Gasteiger partial charge in [0.25, 0.3) is 0 Å². The number of hydrogen-bond donors (Lipinski definition) is 1. The molecule has 22 heavy (non-hydrogen) atoms. The van der Waals surface area contributed by atoms with Crippen LogP contribution in [0.25, 0.3) is 0 Å². The molecule has 1 N–H and O–H groups in total. The van der Waals surface area contributed by atoms with Crippen molar-refractivity contribution >= 4 is 5.91 Å². The zero-order valence-electron chi connectivity index (χ0n) is 12.9. The monoisotopic (exact) mass is 301 g/mol. The van der Waals surface area contributed by atoms with Gasteiger partial charge >= 0.3 is 0 Å². The van der Waals surface area contributed by atoms with Crippen molar-refractivity contribution in [2.45, 2.75) is 44.1 Å². The number of carbonyl (C=O) groups excluding carboxylic acids is 1. The molecule has 4 rings (SSSR count). The van der Waals surface area contributed by atoms with Crippen LogP contribution in [0.3, 0.4) is 0 Å². The van der Waals surface area contributed by atoms with E-state index in [1.54, 1.807) is 0 Å². The first-order chi connectivity index (χ1) is 10.8. The molecule has 1 aromatic rings. The van der Waals surface area contributed by atoms with Gasteiger partial charge in [-0.15, -0.1) is 0 Å². The molecule has 1 aliphatic carbocycles. The molecular weight excluding hydrogens is 278 g/mol. The molecule has 1 aromatic heterocycles. The van der Waals surface area contributed by atoms with Gasteiger partial charge in [-0.3, -0.25) is 9.89 Å². The van der Waals surface area contributed by atoms with Crippen LogP contribution in [-0.2, 0) is 21.6 Å². The summed E-state index contributed by atoms with van der Waals surface area (Å²) < 4.78 is 6.13. The molecule has 5 heteroatoms. The van der Waals surface area contributed by atoms with E-state index in [0.29, 0.717) is 18.2 Å². The van der Waals surface area contributed by atoms with E-state index in [1.807, 2.05) is 11.1 Å². The van der Waals surface area contributed by atoms with E-state index >= 15 is 0 Å². The third kappa shape index (κ3) is 2.37. The first kappa shape index (κ1) is 14.0. The number of hydrogen-bond acceptors (Lipinski definition) is 3. The largest absolute Gasteiger partial charge is 0.368 e. The van der Waals surface area contributed by atoms with E-state index < -0.39 is 0 Å². The Labute approximate surface area is 130 Å². The fraction of sp³-hybridized carbons (Fsp3) is 0.647. The summed E-state index contributed by atoms with van der Waals surface area (Å²) in [4.78, 5) is 14.5. The smallest absolute Gasteiger partial charge is 0.223 e. The Kier molecular flexibility index (Phi) is 3.53. The highest BCUT2D eigenvalue weighted by molar-refractivity contribution is 5.76. The molecule has 1 atom stereocenters. The lowest BCUT2D eigenvalue weighted by Crippen LogP contribution is -2.48. The Morgan fingerprint density at radius 1 is 1.45 bits per heavy atom. The maximum absolute atomic E-state index is 12.5. The van der Waals surface area contributed by atoms with Crippen molar-refractivity contribution in [3.63, 3.8) is 0 Å². The van der Waals surface area contributed by atoms with Gasteiger partial charge in [-0.1, -0.05) is 12.2 Å². The number of allylic oxidation sites excluding steroid dienone is 2. The van der Waals surface area contributed by atoms with Crippen molar-refractivity contribution in [1.82, 2.24) is 15.1 Å². The molecule has 1 spiro atoms. The average Bonchev–Trinajstić information content (AvgIpc) is 3.20. The van der Waals surface area contributed by atoms with Crippen molar-refractivity contribution < 1.29 is 9.53 Å². The molecule has 1 unspecified atom stereocenters. The molecule has 0 bridgehead atoms. The van der Waals surface area contributed by atoms with Gasteiger partial charge in [0.05, 0.1) is 18.5 Å². The zero-order chi connectivity index (χ0) is 15.0. The van der Waals surface area contributed by atoms with Gasteiger partial charge in [-0.05, 0) is 43.6 Å². The predicted octanol–water partition coefficient (Wildman–Crippen LogP) is 2.16. The SMILES string of the molecule is O=C(CC1C=CCC1)N1CCC2(CC1)OCCc1cn[nH]c12.